The number of carbonyl (C=O) groups is 18. The number of aliphatic carboxylic acids is 2. The highest BCUT2D eigenvalue weighted by molar-refractivity contribution is 6.01. The zero-order valence-corrected chi connectivity index (χ0v) is 66.6. The molecule has 13 atom stereocenters. The maximum atomic E-state index is 14.8. The Morgan fingerprint density at radius 2 is 0.754 bits per heavy atom. The second-order valence-electron chi connectivity index (χ2n) is 29.3. The number of rotatable bonds is 52. The fourth-order valence-corrected chi connectivity index (χ4v) is 11.7. The number of hydrogen-bond acceptors (Lipinski definition) is 23. The molecule has 0 spiro atoms. The number of imidazole rings is 2. The smallest absolute Gasteiger partial charge is 0.322 e. The molecule has 0 bridgehead atoms. The summed E-state index contributed by atoms with van der Waals surface area (Å²) in [6.07, 6.45) is 0.580. The van der Waals surface area contributed by atoms with Gasteiger partial charge in [-0.2, -0.15) is 0 Å². The minimum Gasteiger partial charge on any atom is -0.508 e. The van der Waals surface area contributed by atoms with Gasteiger partial charge < -0.3 is 122 Å². The Labute approximate surface area is 678 Å². The number of carbonyl (C=O) groups excluding carboxylic acids is 16. The summed E-state index contributed by atoms with van der Waals surface area (Å²) in [4.78, 5) is 257. The van der Waals surface area contributed by atoms with Crippen LogP contribution in [0.1, 0.15) is 136 Å². The Hall–Kier alpha value is -13.1. The third-order valence-electron chi connectivity index (χ3n) is 18.4. The van der Waals surface area contributed by atoms with Gasteiger partial charge in [0.15, 0.2) is 0 Å². The summed E-state index contributed by atoms with van der Waals surface area (Å²) in [7, 11) is 0. The highest BCUT2D eigenvalue weighted by Gasteiger charge is 2.40. The molecular formula is C75H109N21O22. The van der Waals surface area contributed by atoms with Crippen LogP contribution in [0, 0.1) is 23.7 Å². The normalized spacial score (nSPS) is 14.4. The molecule has 43 nitrogen and oxygen atoms in total. The van der Waals surface area contributed by atoms with E-state index in [9.17, 15) is 107 Å². The van der Waals surface area contributed by atoms with E-state index in [4.69, 9.17) is 22.9 Å². The largest absolute Gasteiger partial charge is 0.508 e. The number of carboxylic acid groups (broad SMARTS) is 2. The number of aromatic nitrogens is 4. The molecule has 0 aliphatic heterocycles. The van der Waals surface area contributed by atoms with Crippen LogP contribution in [0.15, 0.2) is 73.6 Å². The topological polar surface area (TPSA) is 706 Å². The number of H-pyrrole nitrogens is 2. The van der Waals surface area contributed by atoms with Gasteiger partial charge in [0.2, 0.25) is 94.5 Å². The van der Waals surface area contributed by atoms with Crippen LogP contribution in [0.25, 0.3) is 0 Å². The van der Waals surface area contributed by atoms with Gasteiger partial charge in [0.05, 0.1) is 43.0 Å². The van der Waals surface area contributed by atoms with Crippen molar-refractivity contribution < 1.29 is 107 Å². The number of phenolic OH excluding ortho intramolecular Hbond substituents is 2. The van der Waals surface area contributed by atoms with Crippen LogP contribution >= 0.6 is 0 Å². The van der Waals surface area contributed by atoms with Crippen molar-refractivity contribution in [3.63, 3.8) is 0 Å². The van der Waals surface area contributed by atoms with Crippen molar-refractivity contribution in [1.82, 2.24) is 89.1 Å². The molecule has 43 heteroatoms. The van der Waals surface area contributed by atoms with Crippen LogP contribution in [0.3, 0.4) is 0 Å². The van der Waals surface area contributed by atoms with E-state index in [2.05, 4.69) is 89.1 Å². The van der Waals surface area contributed by atoms with E-state index in [0.29, 0.717) is 11.1 Å². The van der Waals surface area contributed by atoms with Gasteiger partial charge in [0.25, 0.3) is 0 Å². The predicted octanol–water partition coefficient (Wildman–Crippen LogP) is -5.53. The number of benzene rings is 2. The molecule has 4 aromatic rings. The molecule has 0 saturated heterocycles. The molecule has 0 aliphatic rings. The molecule has 27 N–H and O–H groups in total. The molecule has 118 heavy (non-hydrogen) atoms. The molecule has 0 radical (unpaired) electrons. The van der Waals surface area contributed by atoms with Gasteiger partial charge in [-0.15, -0.1) is 0 Å². The van der Waals surface area contributed by atoms with Crippen LogP contribution in [0.4, 0.5) is 0 Å². The summed E-state index contributed by atoms with van der Waals surface area (Å²) in [6.45, 7) is 11.0. The van der Waals surface area contributed by atoms with Crippen molar-refractivity contribution in [3.05, 3.63) is 96.1 Å². The molecule has 2 aromatic carbocycles. The maximum Gasteiger partial charge on any atom is 0.322 e. The lowest BCUT2D eigenvalue weighted by Gasteiger charge is -2.31. The molecule has 2 heterocycles. The monoisotopic (exact) mass is 1660 g/mol. The molecule has 0 saturated carbocycles. The van der Waals surface area contributed by atoms with Crippen LogP contribution in [0.5, 0.6) is 11.5 Å². The van der Waals surface area contributed by atoms with Gasteiger partial charge in [-0.3, -0.25) is 86.3 Å². The number of phenols is 2. The van der Waals surface area contributed by atoms with Crippen molar-refractivity contribution in [3.8, 4) is 11.5 Å². The van der Waals surface area contributed by atoms with E-state index in [1.165, 1.54) is 101 Å². The molecule has 0 aliphatic carbocycles. The second-order valence-corrected chi connectivity index (χ2v) is 29.3. The molecule has 2 aromatic heterocycles. The first-order valence-corrected chi connectivity index (χ1v) is 38.0. The van der Waals surface area contributed by atoms with Gasteiger partial charge in [-0.1, -0.05) is 86.1 Å². The predicted molar refractivity (Wildman–Crippen MR) is 417 cm³/mol. The zero-order chi connectivity index (χ0) is 88.2. The van der Waals surface area contributed by atoms with E-state index in [1.54, 1.807) is 27.7 Å². The Morgan fingerprint density at radius 3 is 1.18 bits per heavy atom. The van der Waals surface area contributed by atoms with E-state index in [0.717, 1.165) is 0 Å². The Kier molecular flexibility index (Phi) is 39.8. The minimum atomic E-state index is -1.85. The number of nitrogens with zero attached hydrogens (tertiary/aromatic N) is 2. The molecule has 4 rings (SSSR count). The average Bonchev–Trinajstić information content (AvgIpc) is 0.926. The maximum absolute atomic E-state index is 14.8. The third-order valence-corrected chi connectivity index (χ3v) is 18.4. The number of nitrogens with two attached hydrogens (primary N) is 4. The number of primary amides is 3. The summed E-state index contributed by atoms with van der Waals surface area (Å²) in [5, 5.41) is 70.9. The van der Waals surface area contributed by atoms with Gasteiger partial charge in [0, 0.05) is 57.3 Å². The molecule has 16 amide bonds. The van der Waals surface area contributed by atoms with E-state index in [1.807, 2.05) is 0 Å². The number of hydrogen-bond donors (Lipinski definition) is 23. The van der Waals surface area contributed by atoms with Crippen molar-refractivity contribution in [2.24, 2.45) is 46.6 Å². The summed E-state index contributed by atoms with van der Waals surface area (Å²) >= 11 is 0. The van der Waals surface area contributed by atoms with Crippen molar-refractivity contribution >= 4 is 106 Å². The van der Waals surface area contributed by atoms with Crippen molar-refractivity contribution in [1.29, 1.82) is 0 Å². The summed E-state index contributed by atoms with van der Waals surface area (Å²) in [5.74, 6) is -21.8. The van der Waals surface area contributed by atoms with Crippen LogP contribution in [-0.2, 0) is 112 Å². The molecular weight excluding hydrogens is 1550 g/mol. The van der Waals surface area contributed by atoms with Gasteiger partial charge in [-0.25, -0.2) is 9.97 Å². The lowest BCUT2D eigenvalue weighted by Crippen LogP contribution is -2.62. The zero-order valence-electron chi connectivity index (χ0n) is 66.6. The highest BCUT2D eigenvalue weighted by Crippen LogP contribution is 2.18. The first kappa shape index (κ1) is 97.2. The average molecular weight is 1660 g/mol. The molecule has 646 valence electrons. The van der Waals surface area contributed by atoms with E-state index in [-0.39, 0.29) is 80.2 Å². The number of aromatic hydroxyl groups is 2. The van der Waals surface area contributed by atoms with Gasteiger partial charge in [-0.05, 0) is 84.7 Å². The van der Waals surface area contributed by atoms with Gasteiger partial charge >= 0.3 is 11.9 Å². The number of carboxylic acids is 2. The SMILES string of the molecule is CC[C@H](C)[C@H](NC(=O)[C@@H](NC(=O)[C@H](Cc1ccc(O)cc1)NC(=O)[C@H](CC(N)=O)NC(=O)CNC(=O)[C@H](Cc1ccc(O)cc1)NC(=O)[C@@H](N)CCC(N)=O)C(C)C)C(=O)N[C@@H](CCC(N)=O)C(=O)N[C@@H](Cc1c[nH]cn1)C(=O)N[C@H](C(=O)N[C@@H](CC(C)C)C(=O)N[C@@H](CCC(=O)O)C(=O)N[C@@H](Cc1c[nH]cn1)C(=O)NCC(=O)O)C(C)C. The third kappa shape index (κ3) is 34.5. The van der Waals surface area contributed by atoms with E-state index < -0.39 is 242 Å². The van der Waals surface area contributed by atoms with Crippen molar-refractivity contribution in [2.45, 2.75) is 211 Å². The Morgan fingerprint density at radius 1 is 0.390 bits per heavy atom. The minimum absolute atomic E-state index is 0.106. The first-order chi connectivity index (χ1) is 55.5. The fraction of sp³-hybridized carbons (Fsp3) is 0.520. The lowest BCUT2D eigenvalue weighted by molar-refractivity contribution is -0.139. The number of nitrogens with one attached hydrogen (secondary N) is 15. The molecule has 0 fully saturated rings. The van der Waals surface area contributed by atoms with Crippen molar-refractivity contribution in [2.75, 3.05) is 13.1 Å². The van der Waals surface area contributed by atoms with Crippen LogP contribution < -0.4 is 92.1 Å². The molecule has 0 unspecified atom stereocenters. The van der Waals surface area contributed by atoms with E-state index >= 15 is 0 Å². The standard InChI is InChI=1S/C75H109N21O22/c1-9-39(8)63(96-74(117)62(38(6)7)95-71(114)51(26-41-12-16-45(98)17-13-41)90-70(113)54(29-57(79)101)86-58(102)32-82-65(108)50(25-40-10-14-44(97)15-11-40)89-64(107)46(76)18-21-55(77)99)75(118)88-47(19-22-56(78)100)67(110)92-53(28-43-31-81-35-85-43)72(115)94-61(37(4)5)73(116)93-49(24-36(2)3)69(112)87-48(20-23-59(103)104)68(111)91-52(27-42-30-80-34-84-42)66(109)83-33-60(105)106/h10-17,30-31,34-39,46-54,61-63,97-98H,9,18-29,32-33,76H2,1-8H3,(H2,77,99)(H2,78,100)(H2,79,101)(H,80,84)(H,81,85)(H,82,108)(H,83,109)(H,86,102)(H,87,112)(H,88,118)(H,89,107)(H,90,113)(H,91,111)(H,92,110)(H,93,116)(H,94,115)(H,95,114)(H,96,117)(H,103,104)(H,105,106)/t39-,46-,47-,48-,49-,50-,51-,52-,53-,54-,61-,62-,63-/m0/s1. The van der Waals surface area contributed by atoms with Crippen LogP contribution in [0.2, 0.25) is 0 Å². The number of amides is 16. The second kappa shape index (κ2) is 48.3. The quantitative estimate of drug-likeness (QED) is 0.0196. The highest BCUT2D eigenvalue weighted by atomic mass is 16.4. The number of aromatic amines is 2. The summed E-state index contributed by atoms with van der Waals surface area (Å²) in [5.41, 5.74) is 23.4. The van der Waals surface area contributed by atoms with Crippen LogP contribution in [-0.4, -0.2) is 232 Å². The fourth-order valence-electron chi connectivity index (χ4n) is 11.7. The first-order valence-electron chi connectivity index (χ1n) is 38.0. The Bertz CT molecular complexity index is 4130. The Balaban J connectivity index is 1.59. The van der Waals surface area contributed by atoms with Gasteiger partial charge in [0.1, 0.15) is 84.5 Å². The summed E-state index contributed by atoms with van der Waals surface area (Å²) < 4.78 is 0. The lowest BCUT2D eigenvalue weighted by atomic mass is 9.95. The summed E-state index contributed by atoms with van der Waals surface area (Å²) in [6, 6.07) is -7.98.